The summed E-state index contributed by atoms with van der Waals surface area (Å²) in [7, 11) is 0. The summed E-state index contributed by atoms with van der Waals surface area (Å²) in [6.07, 6.45) is 5.06. The van der Waals surface area contributed by atoms with E-state index in [0.29, 0.717) is 25.3 Å². The van der Waals surface area contributed by atoms with Crippen LogP contribution in [0.15, 0.2) is 0 Å². The van der Waals surface area contributed by atoms with Crippen molar-refractivity contribution < 1.29 is 14.9 Å². The molecule has 0 saturated carbocycles. The first-order valence-electron chi connectivity index (χ1n) is 7.64. The molecule has 2 aliphatic heterocycles. The standard InChI is InChI=1S/C14H28N2O3/c17-9-7-15-5-1-3-13(15)14-4-2-6-16(14)8-11-19-12-10-18/h13-14,17-18H,1-12H2. The van der Waals surface area contributed by atoms with Gasteiger partial charge in [-0.05, 0) is 38.8 Å². The molecule has 2 heterocycles. The highest BCUT2D eigenvalue weighted by molar-refractivity contribution is 4.93. The van der Waals surface area contributed by atoms with E-state index in [9.17, 15) is 0 Å². The molecule has 0 amide bonds. The number of hydrogen-bond donors (Lipinski definition) is 2. The Bertz CT molecular complexity index is 253. The Labute approximate surface area is 116 Å². The maximum absolute atomic E-state index is 9.15. The molecule has 2 N–H and O–H groups in total. The number of nitrogens with zero attached hydrogens (tertiary/aromatic N) is 2. The van der Waals surface area contributed by atoms with Crippen LogP contribution in [0.3, 0.4) is 0 Å². The van der Waals surface area contributed by atoms with Crippen molar-refractivity contribution in [3.05, 3.63) is 0 Å². The Morgan fingerprint density at radius 1 is 0.842 bits per heavy atom. The van der Waals surface area contributed by atoms with Crippen LogP contribution in [-0.4, -0.2) is 84.7 Å². The van der Waals surface area contributed by atoms with Crippen LogP contribution in [0.1, 0.15) is 25.7 Å². The fraction of sp³-hybridized carbons (Fsp3) is 1.00. The van der Waals surface area contributed by atoms with Crippen LogP contribution in [0.2, 0.25) is 0 Å². The van der Waals surface area contributed by atoms with Gasteiger partial charge in [-0.2, -0.15) is 0 Å². The summed E-state index contributed by atoms with van der Waals surface area (Å²) in [5.41, 5.74) is 0. The van der Waals surface area contributed by atoms with E-state index in [1.54, 1.807) is 0 Å². The highest BCUT2D eigenvalue weighted by atomic mass is 16.5. The Morgan fingerprint density at radius 2 is 1.47 bits per heavy atom. The second-order valence-electron chi connectivity index (χ2n) is 5.55. The van der Waals surface area contributed by atoms with Crippen LogP contribution in [0.25, 0.3) is 0 Å². The zero-order chi connectivity index (χ0) is 13.5. The molecule has 0 spiro atoms. The summed E-state index contributed by atoms with van der Waals surface area (Å²) >= 11 is 0. The number of hydrogen-bond acceptors (Lipinski definition) is 5. The second kappa shape index (κ2) is 8.17. The van der Waals surface area contributed by atoms with Gasteiger partial charge in [0, 0.05) is 25.2 Å². The first-order chi connectivity index (χ1) is 9.36. The van der Waals surface area contributed by atoms with Gasteiger partial charge in [0.05, 0.1) is 26.4 Å². The average molecular weight is 272 g/mol. The lowest BCUT2D eigenvalue weighted by Gasteiger charge is -2.34. The van der Waals surface area contributed by atoms with Gasteiger partial charge in [-0.3, -0.25) is 9.80 Å². The molecule has 2 atom stereocenters. The highest BCUT2D eigenvalue weighted by Crippen LogP contribution is 2.29. The predicted molar refractivity (Wildman–Crippen MR) is 74.2 cm³/mol. The Balaban J connectivity index is 1.80. The van der Waals surface area contributed by atoms with E-state index in [0.717, 1.165) is 26.2 Å². The largest absolute Gasteiger partial charge is 0.395 e. The third kappa shape index (κ3) is 4.13. The molecule has 2 rings (SSSR count). The van der Waals surface area contributed by atoms with Gasteiger partial charge in [0.15, 0.2) is 0 Å². The zero-order valence-corrected chi connectivity index (χ0v) is 11.8. The minimum Gasteiger partial charge on any atom is -0.395 e. The summed E-state index contributed by atoms with van der Waals surface area (Å²) in [6, 6.07) is 1.25. The van der Waals surface area contributed by atoms with E-state index < -0.39 is 0 Å². The molecule has 5 heteroatoms. The molecule has 2 saturated heterocycles. The van der Waals surface area contributed by atoms with Crippen LogP contribution in [0, 0.1) is 0 Å². The number of aliphatic hydroxyl groups is 2. The normalized spacial score (nSPS) is 29.4. The molecule has 0 aromatic carbocycles. The van der Waals surface area contributed by atoms with Gasteiger partial charge < -0.3 is 14.9 Å². The molecule has 5 nitrogen and oxygen atoms in total. The molecule has 0 radical (unpaired) electrons. The van der Waals surface area contributed by atoms with E-state index in [1.165, 1.54) is 25.7 Å². The maximum Gasteiger partial charge on any atom is 0.0698 e. The van der Waals surface area contributed by atoms with Crippen molar-refractivity contribution in [1.82, 2.24) is 9.80 Å². The zero-order valence-electron chi connectivity index (χ0n) is 11.8. The van der Waals surface area contributed by atoms with Crippen LogP contribution in [-0.2, 0) is 4.74 Å². The van der Waals surface area contributed by atoms with Gasteiger partial charge in [-0.1, -0.05) is 0 Å². The van der Waals surface area contributed by atoms with Crippen molar-refractivity contribution in [3.8, 4) is 0 Å². The van der Waals surface area contributed by atoms with Gasteiger partial charge in [0.1, 0.15) is 0 Å². The van der Waals surface area contributed by atoms with Gasteiger partial charge in [0.2, 0.25) is 0 Å². The Kier molecular flexibility index (Phi) is 6.53. The molecular formula is C14H28N2O3. The molecular weight excluding hydrogens is 244 g/mol. The number of β-amino-alcohol motifs (C(OH)–C–C–N with tert-alkyl or cyclic N) is 1. The van der Waals surface area contributed by atoms with Gasteiger partial charge in [-0.15, -0.1) is 0 Å². The fourth-order valence-corrected chi connectivity index (χ4v) is 3.61. The van der Waals surface area contributed by atoms with Crippen molar-refractivity contribution in [2.45, 2.75) is 37.8 Å². The lowest BCUT2D eigenvalue weighted by molar-refractivity contribution is 0.0565. The minimum atomic E-state index is 0.107. The molecule has 2 aliphatic rings. The second-order valence-corrected chi connectivity index (χ2v) is 5.55. The monoisotopic (exact) mass is 272 g/mol. The number of likely N-dealkylation sites (tertiary alicyclic amines) is 2. The third-order valence-corrected chi connectivity index (χ3v) is 4.42. The van der Waals surface area contributed by atoms with Crippen LogP contribution < -0.4 is 0 Å². The van der Waals surface area contributed by atoms with E-state index >= 15 is 0 Å². The summed E-state index contributed by atoms with van der Waals surface area (Å²) in [4.78, 5) is 5.00. The van der Waals surface area contributed by atoms with Crippen LogP contribution in [0.4, 0.5) is 0 Å². The smallest absolute Gasteiger partial charge is 0.0698 e. The van der Waals surface area contributed by atoms with E-state index in [1.807, 2.05) is 0 Å². The fourth-order valence-electron chi connectivity index (χ4n) is 3.61. The predicted octanol–water partition coefficient (Wildman–Crippen LogP) is -0.0836. The molecule has 2 unspecified atom stereocenters. The van der Waals surface area contributed by atoms with E-state index in [4.69, 9.17) is 14.9 Å². The number of aliphatic hydroxyl groups excluding tert-OH is 2. The molecule has 2 fully saturated rings. The Morgan fingerprint density at radius 3 is 2.05 bits per heavy atom. The summed E-state index contributed by atoms with van der Waals surface area (Å²) in [5.74, 6) is 0. The Hall–Kier alpha value is -0.200. The first kappa shape index (κ1) is 15.2. The summed E-state index contributed by atoms with van der Waals surface area (Å²) in [5, 5.41) is 17.9. The quantitative estimate of drug-likeness (QED) is 0.605. The topological polar surface area (TPSA) is 56.2 Å². The van der Waals surface area contributed by atoms with Gasteiger partial charge in [-0.25, -0.2) is 0 Å². The van der Waals surface area contributed by atoms with Crippen molar-refractivity contribution in [2.75, 3.05) is 52.6 Å². The summed E-state index contributed by atoms with van der Waals surface area (Å²) < 4.78 is 5.38. The first-order valence-corrected chi connectivity index (χ1v) is 7.64. The van der Waals surface area contributed by atoms with Crippen molar-refractivity contribution >= 4 is 0 Å². The minimum absolute atomic E-state index is 0.107. The SMILES string of the molecule is OCCOCCN1CCCC1C1CCCN1CCO. The van der Waals surface area contributed by atoms with Crippen molar-refractivity contribution in [2.24, 2.45) is 0 Å². The third-order valence-electron chi connectivity index (χ3n) is 4.42. The molecule has 19 heavy (non-hydrogen) atoms. The van der Waals surface area contributed by atoms with Crippen LogP contribution >= 0.6 is 0 Å². The maximum atomic E-state index is 9.15. The summed E-state index contributed by atoms with van der Waals surface area (Å²) in [6.45, 7) is 5.61. The molecule has 0 aromatic rings. The molecule has 0 aliphatic carbocycles. The lowest BCUT2D eigenvalue weighted by Crippen LogP contribution is -2.47. The molecule has 0 aromatic heterocycles. The van der Waals surface area contributed by atoms with Crippen molar-refractivity contribution in [3.63, 3.8) is 0 Å². The van der Waals surface area contributed by atoms with E-state index in [2.05, 4.69) is 9.80 Å². The van der Waals surface area contributed by atoms with Gasteiger partial charge in [0.25, 0.3) is 0 Å². The molecule has 112 valence electrons. The van der Waals surface area contributed by atoms with Gasteiger partial charge >= 0.3 is 0 Å². The molecule has 0 bridgehead atoms. The van der Waals surface area contributed by atoms with E-state index in [-0.39, 0.29) is 13.2 Å². The van der Waals surface area contributed by atoms with Crippen molar-refractivity contribution in [1.29, 1.82) is 0 Å². The number of rotatable bonds is 8. The highest BCUT2D eigenvalue weighted by Gasteiger charge is 2.36. The lowest BCUT2D eigenvalue weighted by atomic mass is 10.0. The number of ether oxygens (including phenoxy) is 1. The average Bonchev–Trinajstić information content (AvgIpc) is 3.03. The van der Waals surface area contributed by atoms with Crippen LogP contribution in [0.5, 0.6) is 0 Å².